The van der Waals surface area contributed by atoms with Crippen molar-refractivity contribution in [2.45, 2.75) is 20.8 Å². The van der Waals surface area contributed by atoms with Gasteiger partial charge in [-0.3, -0.25) is 4.79 Å². The first-order valence-electron chi connectivity index (χ1n) is 9.08. The summed E-state index contributed by atoms with van der Waals surface area (Å²) in [5.41, 5.74) is -0.119. The zero-order valence-corrected chi connectivity index (χ0v) is 20.1. The van der Waals surface area contributed by atoms with Crippen LogP contribution in [-0.2, 0) is 9.53 Å². The van der Waals surface area contributed by atoms with Crippen molar-refractivity contribution in [2.24, 2.45) is 10.8 Å². The van der Waals surface area contributed by atoms with Crippen LogP contribution < -0.4 is 10.6 Å². The molecule has 0 aromatic rings. The van der Waals surface area contributed by atoms with Gasteiger partial charge < -0.3 is 15.4 Å². The molecule has 1 atom stereocenters. The second-order valence-corrected chi connectivity index (χ2v) is 12.9. The molecule has 0 heterocycles. The average molecular weight is 403 g/mol. The van der Waals surface area contributed by atoms with Gasteiger partial charge in [-0.15, -0.1) is 14.5 Å². The maximum absolute atomic E-state index is 13.9. The molecule has 4 nitrogen and oxygen atoms in total. The predicted molar refractivity (Wildman–Crippen MR) is 120 cm³/mol. The van der Waals surface area contributed by atoms with E-state index in [0.717, 1.165) is 17.5 Å². The fourth-order valence-corrected chi connectivity index (χ4v) is 5.31. The Morgan fingerprint density at radius 3 is 2.08 bits per heavy atom. The molecule has 0 radical (unpaired) electrons. The summed E-state index contributed by atoms with van der Waals surface area (Å²) in [4.78, 5) is 13.9. The van der Waals surface area contributed by atoms with Crippen LogP contribution in [0.3, 0.4) is 0 Å². The lowest BCUT2D eigenvalue weighted by atomic mass is 9.62. The van der Waals surface area contributed by atoms with E-state index in [2.05, 4.69) is 57.7 Å². The van der Waals surface area contributed by atoms with Crippen molar-refractivity contribution in [1.29, 1.82) is 0 Å². The second-order valence-electron chi connectivity index (χ2n) is 8.02. The number of ether oxygens (including phenoxy) is 1. The molecule has 2 N–H and O–H groups in total. The van der Waals surface area contributed by atoms with Crippen LogP contribution in [-0.4, -0.2) is 72.1 Å². The number of rotatable bonds is 13. The van der Waals surface area contributed by atoms with E-state index in [1.165, 1.54) is 0 Å². The molecule has 0 aliphatic rings. The average Bonchev–Trinajstić information content (AvgIpc) is 2.55. The molecule has 6 heteroatoms. The van der Waals surface area contributed by atoms with Crippen molar-refractivity contribution in [1.82, 2.24) is 10.6 Å². The van der Waals surface area contributed by atoms with Crippen LogP contribution in [0, 0.1) is 10.8 Å². The molecule has 0 rings (SSSR count). The summed E-state index contributed by atoms with van der Waals surface area (Å²) in [5.74, 6) is 0.925. The van der Waals surface area contributed by atoms with E-state index < -0.39 is 5.41 Å². The fraction of sp³-hybridized carbons (Fsp3) is 0.750. The maximum Gasteiger partial charge on any atom is 0.172 e. The van der Waals surface area contributed by atoms with E-state index in [-0.39, 0.29) is 27.0 Å². The number of hydrogen-bond acceptors (Lipinski definition) is 4. The molecule has 0 saturated carbocycles. The molecule has 0 amide bonds. The van der Waals surface area contributed by atoms with Crippen molar-refractivity contribution < 1.29 is 9.53 Å². The Morgan fingerprint density at radius 1 is 1.12 bits per heavy atom. The zero-order chi connectivity index (χ0) is 20.5. The number of ketones is 1. The van der Waals surface area contributed by atoms with Gasteiger partial charge in [0, 0.05) is 18.7 Å². The van der Waals surface area contributed by atoms with Crippen molar-refractivity contribution in [3.63, 3.8) is 0 Å². The van der Waals surface area contributed by atoms with E-state index in [1.807, 2.05) is 27.1 Å². The van der Waals surface area contributed by atoms with Crippen molar-refractivity contribution in [3.8, 4) is 0 Å². The van der Waals surface area contributed by atoms with Gasteiger partial charge in [0.2, 0.25) is 0 Å². The van der Waals surface area contributed by atoms with Gasteiger partial charge in [-0.2, -0.15) is 0 Å². The highest BCUT2D eigenvalue weighted by molar-refractivity contribution is 7.56. The lowest BCUT2D eigenvalue weighted by Gasteiger charge is -2.46. The Balaban J connectivity index is 6.28. The van der Waals surface area contributed by atoms with Crippen LogP contribution in [0.1, 0.15) is 20.8 Å². The highest BCUT2D eigenvalue weighted by Crippen LogP contribution is 2.49. The molecule has 0 aliphatic heterocycles. The Bertz CT molecular complexity index is 502. The number of likely N-dealkylation sites (N-methyl/N-ethyl adjacent to an activating group) is 1. The smallest absolute Gasteiger partial charge is 0.172 e. The number of carbonyl (C=O) groups is 1. The van der Waals surface area contributed by atoms with Crippen LogP contribution in [0.4, 0.5) is 0 Å². The minimum atomic E-state index is -0.543. The summed E-state index contributed by atoms with van der Waals surface area (Å²) in [5, 5.41) is 6.44. The van der Waals surface area contributed by atoms with E-state index in [0.29, 0.717) is 19.4 Å². The van der Waals surface area contributed by atoms with Gasteiger partial charge in [0.05, 0.1) is 5.41 Å². The maximum atomic E-state index is 13.9. The van der Waals surface area contributed by atoms with E-state index in [9.17, 15) is 4.79 Å². The molecule has 0 spiro atoms. The van der Waals surface area contributed by atoms with Gasteiger partial charge in [-0.1, -0.05) is 27.8 Å². The molecule has 0 aliphatic carbocycles. The lowest BCUT2D eigenvalue weighted by Crippen LogP contribution is -2.53. The Hall–Kier alpha value is -0.270. The molecule has 0 bridgehead atoms. The van der Waals surface area contributed by atoms with Crippen molar-refractivity contribution in [2.75, 3.05) is 66.4 Å². The summed E-state index contributed by atoms with van der Waals surface area (Å²) in [6.07, 6.45) is 3.47. The quantitative estimate of drug-likeness (QED) is 0.212. The SMILES string of the molecule is C=CC(C)(C)C(CNC)(CP(C)C)C(=O)/C(CNC)=C(\C)OCP(C)C. The van der Waals surface area contributed by atoms with Gasteiger partial charge in [0.1, 0.15) is 12.1 Å². The van der Waals surface area contributed by atoms with Gasteiger partial charge in [-0.25, -0.2) is 0 Å². The molecular weight excluding hydrogens is 362 g/mol. The van der Waals surface area contributed by atoms with E-state index in [4.69, 9.17) is 4.74 Å². The Morgan fingerprint density at radius 2 is 1.69 bits per heavy atom. The normalized spacial score (nSPS) is 15.7. The summed E-state index contributed by atoms with van der Waals surface area (Å²) in [6, 6.07) is 0. The van der Waals surface area contributed by atoms with Crippen LogP contribution in [0.2, 0.25) is 0 Å². The molecule has 0 fully saturated rings. The molecule has 0 aromatic carbocycles. The molecule has 1 unspecified atom stereocenters. The third kappa shape index (κ3) is 6.71. The van der Waals surface area contributed by atoms with Gasteiger partial charge in [0.25, 0.3) is 0 Å². The molecule has 152 valence electrons. The molecule has 0 aromatic heterocycles. The first-order chi connectivity index (χ1) is 12.0. The third-order valence-electron chi connectivity index (χ3n) is 4.83. The summed E-state index contributed by atoms with van der Waals surface area (Å²) in [7, 11) is 3.35. The number of hydrogen-bond donors (Lipinski definition) is 2. The zero-order valence-electron chi connectivity index (χ0n) is 18.3. The summed E-state index contributed by atoms with van der Waals surface area (Å²) in [6.45, 7) is 20.2. The monoisotopic (exact) mass is 402 g/mol. The van der Waals surface area contributed by atoms with Gasteiger partial charge in [-0.05, 0) is 59.3 Å². The Labute approximate surface area is 164 Å². The predicted octanol–water partition coefficient (Wildman–Crippen LogP) is 3.92. The van der Waals surface area contributed by atoms with Gasteiger partial charge in [0.15, 0.2) is 5.78 Å². The van der Waals surface area contributed by atoms with Crippen LogP contribution in [0.15, 0.2) is 24.0 Å². The summed E-state index contributed by atoms with van der Waals surface area (Å²) < 4.78 is 5.97. The number of carbonyl (C=O) groups excluding carboxylic acids is 1. The number of Topliss-reactive ketones (excluding diaryl/α,β-unsaturated/α-hetero) is 1. The summed E-state index contributed by atoms with van der Waals surface area (Å²) >= 11 is 0. The highest BCUT2D eigenvalue weighted by atomic mass is 31.1. The lowest BCUT2D eigenvalue weighted by molar-refractivity contribution is -0.128. The topological polar surface area (TPSA) is 50.4 Å². The van der Waals surface area contributed by atoms with E-state index in [1.54, 1.807) is 0 Å². The largest absolute Gasteiger partial charge is 0.493 e. The number of allylic oxidation sites excluding steroid dienone is 2. The van der Waals surface area contributed by atoms with Crippen LogP contribution in [0.5, 0.6) is 0 Å². The van der Waals surface area contributed by atoms with E-state index >= 15 is 0 Å². The van der Waals surface area contributed by atoms with Crippen LogP contribution >= 0.6 is 15.8 Å². The highest BCUT2D eigenvalue weighted by Gasteiger charge is 2.50. The van der Waals surface area contributed by atoms with Crippen molar-refractivity contribution >= 4 is 21.6 Å². The van der Waals surface area contributed by atoms with Crippen LogP contribution in [0.25, 0.3) is 0 Å². The van der Waals surface area contributed by atoms with Gasteiger partial charge >= 0.3 is 0 Å². The van der Waals surface area contributed by atoms with Crippen molar-refractivity contribution in [3.05, 3.63) is 24.0 Å². The molecule has 0 saturated heterocycles. The first kappa shape index (κ1) is 25.7. The first-order valence-corrected chi connectivity index (χ1v) is 13.9. The minimum absolute atomic E-state index is 0.174. The minimum Gasteiger partial charge on any atom is -0.493 e. The number of nitrogens with one attached hydrogen (secondary N) is 2. The fourth-order valence-electron chi connectivity index (χ4n) is 3.11. The molecule has 26 heavy (non-hydrogen) atoms. The Kier molecular flexibility index (Phi) is 11.4. The third-order valence-corrected chi connectivity index (χ3v) is 6.65. The second kappa shape index (κ2) is 11.5. The molecular formula is C20H40N2O2P2. The standard InChI is InChI=1S/C20H40N2O2P2/c1-11-19(3,4)20(13-22-6,14-25(7)8)18(23)17(12-21-5)16(2)24-15-26(9)10/h11,21-22H,1,12-15H2,2-10H3/b17-16+.